The van der Waals surface area contributed by atoms with E-state index >= 15 is 0 Å². The molecule has 3 rings (SSSR count). The van der Waals surface area contributed by atoms with Crippen LogP contribution < -0.4 is 5.32 Å². The Morgan fingerprint density at radius 2 is 1.74 bits per heavy atom. The Kier molecular flexibility index (Phi) is 10.7. The predicted molar refractivity (Wildman–Crippen MR) is 137 cm³/mol. The molecule has 0 spiro atoms. The summed E-state index contributed by atoms with van der Waals surface area (Å²) in [6, 6.07) is 9.16. The lowest BCUT2D eigenvalue weighted by Gasteiger charge is -2.35. The third-order valence-corrected chi connectivity index (χ3v) is 6.01. The molecule has 3 N–H and O–H groups in total. The van der Waals surface area contributed by atoms with Gasteiger partial charge in [-0.1, -0.05) is 37.3 Å². The number of ether oxygens (including phenoxy) is 1. The van der Waals surface area contributed by atoms with Gasteiger partial charge in [0.1, 0.15) is 11.7 Å². The van der Waals surface area contributed by atoms with Crippen molar-refractivity contribution in [3.05, 3.63) is 47.8 Å². The largest absolute Gasteiger partial charge is 0.527 e. The van der Waals surface area contributed by atoms with Gasteiger partial charge in [0.15, 0.2) is 5.82 Å². The van der Waals surface area contributed by atoms with Crippen LogP contribution in [0, 0.1) is 0 Å². The average Bonchev–Trinajstić information content (AvgIpc) is 2.95. The number of hydrogen-bond donors (Lipinski definition) is 3. The van der Waals surface area contributed by atoms with E-state index in [0.29, 0.717) is 12.0 Å². The van der Waals surface area contributed by atoms with Crippen LogP contribution in [-0.2, 0) is 19.2 Å². The number of hydrogen-bond acceptors (Lipinski definition) is 10. The van der Waals surface area contributed by atoms with Crippen molar-refractivity contribution in [1.82, 2.24) is 25.2 Å². The monoisotopic (exact) mass is 543 g/mol. The summed E-state index contributed by atoms with van der Waals surface area (Å²) >= 11 is 0. The minimum atomic E-state index is -1.14. The molecule has 1 aliphatic heterocycles. The Labute approximate surface area is 225 Å². The Balaban J connectivity index is 1.77. The van der Waals surface area contributed by atoms with Crippen molar-refractivity contribution < 1.29 is 39.0 Å². The summed E-state index contributed by atoms with van der Waals surface area (Å²) in [5, 5.41) is 23.6. The van der Waals surface area contributed by atoms with Gasteiger partial charge < -0.3 is 30.0 Å². The molecular weight excluding hydrogens is 510 g/mol. The van der Waals surface area contributed by atoms with E-state index in [1.165, 1.54) is 16.0 Å². The maximum Gasteiger partial charge on any atom is 0.527 e. The number of carbonyl (C=O) groups is 4. The number of aliphatic hydroxyl groups excluding tert-OH is 1. The van der Waals surface area contributed by atoms with Gasteiger partial charge in [0.25, 0.3) is 5.91 Å². The van der Waals surface area contributed by atoms with Crippen LogP contribution in [-0.4, -0.2) is 92.9 Å². The van der Waals surface area contributed by atoms with Gasteiger partial charge in [-0.15, -0.1) is 5.06 Å². The number of piperazine rings is 1. The highest BCUT2D eigenvalue weighted by Crippen LogP contribution is 2.21. The lowest BCUT2D eigenvalue weighted by molar-refractivity contribution is -0.157. The van der Waals surface area contributed by atoms with Crippen LogP contribution in [0.25, 0.3) is 11.4 Å². The SMILES string of the molecule is CCOC(=O)ON1CCN(C(=O)C(CCC(=O)O)NC(=O)c2cc([C@@H](O)CC)nc(-c3ccccc3)n2)CC1. The first-order chi connectivity index (χ1) is 18.7. The maximum absolute atomic E-state index is 13.3. The van der Waals surface area contributed by atoms with Crippen molar-refractivity contribution in [1.29, 1.82) is 0 Å². The van der Waals surface area contributed by atoms with E-state index in [4.69, 9.17) is 9.57 Å². The number of amides is 2. The molecule has 1 aliphatic rings. The van der Waals surface area contributed by atoms with Crippen molar-refractivity contribution in [2.24, 2.45) is 0 Å². The van der Waals surface area contributed by atoms with Crippen LogP contribution in [0.1, 0.15) is 55.4 Å². The molecule has 210 valence electrons. The highest BCUT2D eigenvalue weighted by atomic mass is 16.8. The fourth-order valence-corrected chi connectivity index (χ4v) is 3.91. The highest BCUT2D eigenvalue weighted by molar-refractivity contribution is 5.96. The minimum Gasteiger partial charge on any atom is -0.481 e. The number of aromatic nitrogens is 2. The summed E-state index contributed by atoms with van der Waals surface area (Å²) in [4.78, 5) is 64.7. The summed E-state index contributed by atoms with van der Waals surface area (Å²) in [6.45, 7) is 4.41. The van der Waals surface area contributed by atoms with E-state index < -0.39 is 36.1 Å². The van der Waals surface area contributed by atoms with Gasteiger partial charge in [0, 0.05) is 25.1 Å². The van der Waals surface area contributed by atoms with E-state index in [-0.39, 0.29) is 62.8 Å². The topological polar surface area (TPSA) is 171 Å². The molecule has 1 aromatic heterocycles. The maximum atomic E-state index is 13.3. The fourth-order valence-electron chi connectivity index (χ4n) is 3.91. The molecule has 13 heteroatoms. The molecule has 0 aliphatic carbocycles. The first-order valence-electron chi connectivity index (χ1n) is 12.7. The summed E-state index contributed by atoms with van der Waals surface area (Å²) in [5.41, 5.74) is 0.827. The number of nitrogens with one attached hydrogen (secondary N) is 1. The number of aliphatic hydroxyl groups is 1. The Morgan fingerprint density at radius 3 is 2.36 bits per heavy atom. The summed E-state index contributed by atoms with van der Waals surface area (Å²) in [5.74, 6) is -2.05. The molecule has 1 saturated heterocycles. The standard InChI is InChI=1S/C26H33N5O8/c1-3-21(32)19-16-20(28-23(27-19)17-8-6-5-7-9-17)24(35)29-18(10-11-22(33)34)25(36)30-12-14-31(15-13-30)39-26(37)38-4-2/h5-9,16,18,21,32H,3-4,10-15H2,1-2H3,(H,29,35)(H,33,34)/t18?,21-/m0/s1. The molecule has 2 atom stereocenters. The zero-order valence-corrected chi connectivity index (χ0v) is 21.9. The highest BCUT2D eigenvalue weighted by Gasteiger charge is 2.31. The van der Waals surface area contributed by atoms with Crippen LogP contribution in [0.15, 0.2) is 36.4 Å². The number of hydroxylamine groups is 2. The first kappa shape index (κ1) is 29.5. The summed E-state index contributed by atoms with van der Waals surface area (Å²) in [7, 11) is 0. The molecule has 0 saturated carbocycles. The van der Waals surface area contributed by atoms with Crippen molar-refractivity contribution in [2.45, 2.75) is 45.3 Å². The Morgan fingerprint density at radius 1 is 1.05 bits per heavy atom. The van der Waals surface area contributed by atoms with Crippen LogP contribution in [0.3, 0.4) is 0 Å². The second-order valence-corrected chi connectivity index (χ2v) is 8.78. The number of aliphatic carboxylic acids is 1. The van der Waals surface area contributed by atoms with E-state index in [9.17, 15) is 29.4 Å². The van der Waals surface area contributed by atoms with Crippen molar-refractivity contribution >= 4 is 23.9 Å². The van der Waals surface area contributed by atoms with Crippen molar-refractivity contribution in [3.63, 3.8) is 0 Å². The summed E-state index contributed by atoms with van der Waals surface area (Å²) in [6.07, 6.45) is -1.89. The molecule has 2 amide bonds. The van der Waals surface area contributed by atoms with Gasteiger partial charge in [0.05, 0.1) is 31.5 Å². The second-order valence-electron chi connectivity index (χ2n) is 8.78. The Bertz CT molecular complexity index is 1150. The zero-order chi connectivity index (χ0) is 28.4. The second kappa shape index (κ2) is 14.2. The Hall–Kier alpha value is -4.10. The number of carbonyl (C=O) groups excluding carboxylic acids is 3. The predicted octanol–water partition coefficient (Wildman–Crippen LogP) is 1.78. The number of benzene rings is 1. The van der Waals surface area contributed by atoms with Gasteiger partial charge in [0.2, 0.25) is 5.91 Å². The zero-order valence-electron chi connectivity index (χ0n) is 21.9. The molecule has 1 fully saturated rings. The van der Waals surface area contributed by atoms with Crippen LogP contribution in [0.2, 0.25) is 0 Å². The molecule has 2 heterocycles. The molecule has 2 aromatic rings. The average molecular weight is 544 g/mol. The van der Waals surface area contributed by atoms with Gasteiger partial charge in [-0.3, -0.25) is 14.4 Å². The van der Waals surface area contributed by atoms with Crippen molar-refractivity contribution in [3.8, 4) is 11.4 Å². The number of carboxylic acids is 1. The third-order valence-electron chi connectivity index (χ3n) is 6.01. The minimum absolute atomic E-state index is 0.0628. The molecule has 0 radical (unpaired) electrons. The van der Waals surface area contributed by atoms with Gasteiger partial charge >= 0.3 is 12.1 Å². The molecular formula is C26H33N5O8. The smallest absolute Gasteiger partial charge is 0.481 e. The molecule has 39 heavy (non-hydrogen) atoms. The van der Waals surface area contributed by atoms with E-state index in [1.807, 2.05) is 6.07 Å². The van der Waals surface area contributed by atoms with E-state index in [2.05, 4.69) is 15.3 Å². The van der Waals surface area contributed by atoms with Crippen molar-refractivity contribution in [2.75, 3.05) is 32.8 Å². The van der Waals surface area contributed by atoms with Gasteiger partial charge in [-0.05, 0) is 25.8 Å². The van der Waals surface area contributed by atoms with Gasteiger partial charge in [-0.2, -0.15) is 0 Å². The van der Waals surface area contributed by atoms with Crippen LogP contribution in [0.4, 0.5) is 4.79 Å². The molecule has 0 bridgehead atoms. The fraction of sp³-hybridized carbons (Fsp3) is 0.462. The van der Waals surface area contributed by atoms with Crippen LogP contribution in [0.5, 0.6) is 0 Å². The van der Waals surface area contributed by atoms with Crippen LogP contribution >= 0.6 is 0 Å². The van der Waals surface area contributed by atoms with E-state index in [1.54, 1.807) is 38.1 Å². The molecule has 1 aromatic carbocycles. The first-order valence-corrected chi connectivity index (χ1v) is 12.7. The number of carboxylic acid groups (broad SMARTS) is 1. The quantitative estimate of drug-likeness (QED) is 0.353. The lowest BCUT2D eigenvalue weighted by atomic mass is 10.1. The summed E-state index contributed by atoms with van der Waals surface area (Å²) < 4.78 is 4.75. The van der Waals surface area contributed by atoms with Gasteiger partial charge in [-0.25, -0.2) is 14.8 Å². The number of rotatable bonds is 11. The normalized spacial score (nSPS) is 15.2. The molecule has 13 nitrogen and oxygen atoms in total. The molecule has 1 unspecified atom stereocenters. The van der Waals surface area contributed by atoms with E-state index in [0.717, 1.165) is 0 Å². The lowest BCUT2D eigenvalue weighted by Crippen LogP contribution is -2.55. The number of nitrogens with zero attached hydrogens (tertiary/aromatic N) is 4. The third kappa shape index (κ3) is 8.45.